The van der Waals surface area contributed by atoms with Crippen molar-refractivity contribution in [1.29, 1.82) is 0 Å². The average molecular weight is 139 g/mol. The Balaban J connectivity index is 2.80. The highest BCUT2D eigenvalue weighted by Gasteiger charge is 1.92. The molecule has 0 fully saturated rings. The number of nitrogens with zero attached hydrogens (tertiary/aromatic N) is 2. The number of aliphatic hydroxyl groups excluding tert-OH is 1. The second-order valence-corrected chi connectivity index (χ2v) is 1.86. The summed E-state index contributed by atoms with van der Waals surface area (Å²) < 4.78 is 0. The summed E-state index contributed by atoms with van der Waals surface area (Å²) in [7, 11) is 0. The molecule has 0 amide bonds. The van der Waals surface area contributed by atoms with E-state index in [1.165, 1.54) is 6.20 Å². The third kappa shape index (κ3) is 1.49. The fraction of sp³-hybridized carbons (Fsp3) is 0.333. The van der Waals surface area contributed by atoms with E-state index in [1.54, 1.807) is 6.20 Å². The molecule has 1 aromatic rings. The second-order valence-electron chi connectivity index (χ2n) is 1.86. The molecule has 0 radical (unpaired) electrons. The van der Waals surface area contributed by atoms with Gasteiger partial charge in [0.2, 0.25) is 0 Å². The molecule has 3 N–H and O–H groups in total. The van der Waals surface area contributed by atoms with E-state index in [0.717, 1.165) is 5.69 Å². The number of hydrogen-bond donors (Lipinski definition) is 2. The van der Waals surface area contributed by atoms with Gasteiger partial charge >= 0.3 is 0 Å². The summed E-state index contributed by atoms with van der Waals surface area (Å²) in [5.74, 6) is 0. The minimum Gasteiger partial charge on any atom is -0.390 e. The minimum atomic E-state index is -0.0716. The number of nitrogens with two attached hydrogens (primary N) is 1. The van der Waals surface area contributed by atoms with Gasteiger partial charge in [0, 0.05) is 6.54 Å². The Bertz CT molecular complexity index is 174. The Morgan fingerprint density at radius 1 is 1.30 bits per heavy atom. The van der Waals surface area contributed by atoms with Crippen LogP contribution in [0.5, 0.6) is 0 Å². The predicted molar refractivity (Wildman–Crippen MR) is 35.8 cm³/mol. The highest BCUT2D eigenvalue weighted by Crippen LogP contribution is 1.92. The molecule has 54 valence electrons. The van der Waals surface area contributed by atoms with Gasteiger partial charge in [-0.05, 0) is 0 Å². The van der Waals surface area contributed by atoms with E-state index in [4.69, 9.17) is 10.8 Å². The van der Waals surface area contributed by atoms with E-state index in [0.29, 0.717) is 12.2 Å². The SMILES string of the molecule is NCc1cnc(CO)cn1. The molecule has 0 aromatic carbocycles. The Labute approximate surface area is 58.7 Å². The zero-order chi connectivity index (χ0) is 7.40. The standard InChI is InChI=1S/C6H9N3O/c7-1-5-2-9-6(4-10)3-8-5/h2-3,10H,1,4,7H2. The summed E-state index contributed by atoms with van der Waals surface area (Å²) in [6.07, 6.45) is 3.08. The molecule has 0 aliphatic carbocycles. The molecule has 4 heteroatoms. The Morgan fingerprint density at radius 3 is 2.30 bits per heavy atom. The fourth-order valence-electron chi connectivity index (χ4n) is 0.569. The van der Waals surface area contributed by atoms with Gasteiger partial charge in [0.05, 0.1) is 30.4 Å². The van der Waals surface area contributed by atoms with Crippen molar-refractivity contribution in [3.8, 4) is 0 Å². The van der Waals surface area contributed by atoms with Crippen LogP contribution in [-0.2, 0) is 13.2 Å². The van der Waals surface area contributed by atoms with Gasteiger partial charge in [0.1, 0.15) is 0 Å². The van der Waals surface area contributed by atoms with Crippen molar-refractivity contribution in [3.63, 3.8) is 0 Å². The zero-order valence-electron chi connectivity index (χ0n) is 5.49. The lowest BCUT2D eigenvalue weighted by Gasteiger charge is -1.95. The largest absolute Gasteiger partial charge is 0.390 e. The molecule has 0 unspecified atom stereocenters. The van der Waals surface area contributed by atoms with Crippen molar-refractivity contribution in [3.05, 3.63) is 23.8 Å². The lowest BCUT2D eigenvalue weighted by atomic mass is 10.4. The first-order chi connectivity index (χ1) is 4.86. The van der Waals surface area contributed by atoms with Crippen LogP contribution in [0, 0.1) is 0 Å². The third-order valence-electron chi connectivity index (χ3n) is 1.13. The molecule has 1 heterocycles. The van der Waals surface area contributed by atoms with Crippen molar-refractivity contribution >= 4 is 0 Å². The first-order valence-corrected chi connectivity index (χ1v) is 2.97. The normalized spacial score (nSPS) is 9.80. The van der Waals surface area contributed by atoms with Crippen LogP contribution in [0.15, 0.2) is 12.4 Å². The van der Waals surface area contributed by atoms with Crippen LogP contribution in [0.1, 0.15) is 11.4 Å². The molecular formula is C6H9N3O. The van der Waals surface area contributed by atoms with Crippen LogP contribution < -0.4 is 5.73 Å². The average Bonchev–Trinajstić information content (AvgIpc) is 2.05. The number of rotatable bonds is 2. The van der Waals surface area contributed by atoms with Gasteiger partial charge in [0.25, 0.3) is 0 Å². The third-order valence-corrected chi connectivity index (χ3v) is 1.13. The van der Waals surface area contributed by atoms with E-state index in [2.05, 4.69) is 9.97 Å². The summed E-state index contributed by atoms with van der Waals surface area (Å²) in [5.41, 5.74) is 6.58. The Morgan fingerprint density at radius 2 is 1.90 bits per heavy atom. The summed E-state index contributed by atoms with van der Waals surface area (Å²) in [4.78, 5) is 7.80. The van der Waals surface area contributed by atoms with Crippen LogP contribution in [0.4, 0.5) is 0 Å². The molecular weight excluding hydrogens is 130 g/mol. The van der Waals surface area contributed by atoms with Crippen LogP contribution in [-0.4, -0.2) is 15.1 Å². The van der Waals surface area contributed by atoms with E-state index in [-0.39, 0.29) is 6.61 Å². The maximum Gasteiger partial charge on any atom is 0.0868 e. The Kier molecular flexibility index (Phi) is 2.30. The quantitative estimate of drug-likeness (QED) is 0.575. The topological polar surface area (TPSA) is 72.0 Å². The highest BCUT2D eigenvalue weighted by atomic mass is 16.3. The van der Waals surface area contributed by atoms with Crippen molar-refractivity contribution in [2.24, 2.45) is 5.73 Å². The molecule has 0 bridgehead atoms. The molecule has 1 rings (SSSR count). The maximum atomic E-state index is 8.57. The van der Waals surface area contributed by atoms with Gasteiger partial charge in [-0.2, -0.15) is 0 Å². The lowest BCUT2D eigenvalue weighted by Crippen LogP contribution is -2.01. The maximum absolute atomic E-state index is 8.57. The van der Waals surface area contributed by atoms with Crippen LogP contribution in [0.25, 0.3) is 0 Å². The molecule has 4 nitrogen and oxygen atoms in total. The summed E-state index contributed by atoms with van der Waals surface area (Å²) >= 11 is 0. The van der Waals surface area contributed by atoms with E-state index >= 15 is 0 Å². The number of hydrogen-bond acceptors (Lipinski definition) is 4. The predicted octanol–water partition coefficient (Wildman–Crippen LogP) is -0.572. The molecule has 0 spiro atoms. The van der Waals surface area contributed by atoms with Crippen molar-refractivity contribution < 1.29 is 5.11 Å². The van der Waals surface area contributed by atoms with Crippen molar-refractivity contribution in [2.75, 3.05) is 0 Å². The number of aliphatic hydroxyl groups is 1. The van der Waals surface area contributed by atoms with Crippen molar-refractivity contribution in [2.45, 2.75) is 13.2 Å². The molecule has 0 aliphatic rings. The molecule has 0 saturated heterocycles. The summed E-state index contributed by atoms with van der Waals surface area (Å²) in [5, 5.41) is 8.57. The van der Waals surface area contributed by atoms with E-state index in [1.807, 2.05) is 0 Å². The fourth-order valence-corrected chi connectivity index (χ4v) is 0.569. The van der Waals surface area contributed by atoms with Crippen molar-refractivity contribution in [1.82, 2.24) is 9.97 Å². The van der Waals surface area contributed by atoms with E-state index in [9.17, 15) is 0 Å². The minimum absolute atomic E-state index is 0.0716. The van der Waals surface area contributed by atoms with Gasteiger partial charge in [0.15, 0.2) is 0 Å². The molecule has 0 saturated carbocycles. The van der Waals surface area contributed by atoms with Gasteiger partial charge in [-0.25, -0.2) is 0 Å². The molecule has 0 aliphatic heterocycles. The van der Waals surface area contributed by atoms with Crippen LogP contribution >= 0.6 is 0 Å². The summed E-state index contributed by atoms with van der Waals surface area (Å²) in [6, 6.07) is 0. The van der Waals surface area contributed by atoms with E-state index < -0.39 is 0 Å². The van der Waals surface area contributed by atoms with Gasteiger partial charge in [-0.3, -0.25) is 9.97 Å². The summed E-state index contributed by atoms with van der Waals surface area (Å²) in [6.45, 7) is 0.316. The molecule has 0 atom stereocenters. The first kappa shape index (κ1) is 7.11. The highest BCUT2D eigenvalue weighted by molar-refractivity contribution is 5.00. The van der Waals surface area contributed by atoms with Gasteiger partial charge in [-0.1, -0.05) is 0 Å². The first-order valence-electron chi connectivity index (χ1n) is 2.97. The van der Waals surface area contributed by atoms with Crippen LogP contribution in [0.2, 0.25) is 0 Å². The zero-order valence-corrected chi connectivity index (χ0v) is 5.49. The Hall–Kier alpha value is -1.00. The lowest BCUT2D eigenvalue weighted by molar-refractivity contribution is 0.276. The van der Waals surface area contributed by atoms with Gasteiger partial charge in [-0.15, -0.1) is 0 Å². The number of aromatic nitrogens is 2. The smallest absolute Gasteiger partial charge is 0.0868 e. The monoisotopic (exact) mass is 139 g/mol. The molecule has 1 aromatic heterocycles. The molecule has 10 heavy (non-hydrogen) atoms. The van der Waals surface area contributed by atoms with Crippen LogP contribution in [0.3, 0.4) is 0 Å². The van der Waals surface area contributed by atoms with Gasteiger partial charge < -0.3 is 10.8 Å². The second kappa shape index (κ2) is 3.24.